The molecule has 1 amide bonds. The average Bonchev–Trinajstić information content (AvgIpc) is 2.92. The molecule has 1 atom stereocenters. The monoisotopic (exact) mass is 379 g/mol. The number of aryl methyl sites for hydroxylation is 2. The molecule has 1 heterocycles. The molecular formula is C23H25NO4. The van der Waals surface area contributed by atoms with E-state index >= 15 is 0 Å². The van der Waals surface area contributed by atoms with Crippen molar-refractivity contribution in [1.29, 1.82) is 0 Å². The highest BCUT2D eigenvalue weighted by molar-refractivity contribution is 6.17. The second-order valence-electron chi connectivity index (χ2n) is 7.43. The Morgan fingerprint density at radius 2 is 1.86 bits per heavy atom. The maximum atomic E-state index is 13.1. The van der Waals surface area contributed by atoms with E-state index < -0.39 is 17.7 Å². The molecule has 2 aromatic carbocycles. The Bertz CT molecular complexity index is 974. The third-order valence-electron chi connectivity index (χ3n) is 5.02. The lowest BCUT2D eigenvalue weighted by Gasteiger charge is -2.29. The molecule has 0 bridgehead atoms. The van der Waals surface area contributed by atoms with Crippen LogP contribution >= 0.6 is 0 Å². The fourth-order valence-corrected chi connectivity index (χ4v) is 3.62. The van der Waals surface area contributed by atoms with E-state index in [4.69, 9.17) is 4.74 Å². The summed E-state index contributed by atoms with van der Waals surface area (Å²) >= 11 is 0. The fourth-order valence-electron chi connectivity index (χ4n) is 3.62. The molecule has 0 radical (unpaired) electrons. The van der Waals surface area contributed by atoms with Gasteiger partial charge in [-0.2, -0.15) is 0 Å². The van der Waals surface area contributed by atoms with E-state index in [2.05, 4.69) is 0 Å². The molecule has 146 valence electrons. The summed E-state index contributed by atoms with van der Waals surface area (Å²) in [4.78, 5) is 27.5. The third-order valence-corrected chi connectivity index (χ3v) is 5.02. The summed E-state index contributed by atoms with van der Waals surface area (Å²) < 4.78 is 5.32. The van der Waals surface area contributed by atoms with Crippen molar-refractivity contribution >= 4 is 17.4 Å². The summed E-state index contributed by atoms with van der Waals surface area (Å²) in [5, 5.41) is 10.6. The van der Waals surface area contributed by atoms with Crippen molar-refractivity contribution in [3.63, 3.8) is 0 Å². The number of Topliss-reactive ketones (excluding diaryl/α,β-unsaturated/α-hetero) is 1. The minimum Gasteiger partial charge on any atom is -0.503 e. The number of aliphatic hydroxyl groups excluding tert-OH is 1. The molecule has 1 aliphatic rings. The maximum absolute atomic E-state index is 13.1. The highest BCUT2D eigenvalue weighted by Gasteiger charge is 2.45. The largest absolute Gasteiger partial charge is 0.503 e. The van der Waals surface area contributed by atoms with E-state index in [0.717, 1.165) is 11.1 Å². The van der Waals surface area contributed by atoms with E-state index in [-0.39, 0.29) is 17.3 Å². The number of ether oxygens (including phenoxy) is 1. The molecule has 28 heavy (non-hydrogen) atoms. The SMILES string of the molecule is COc1cccc(C2C(C(=O)C(C)C)=C(O)C(=O)N2c2ccc(C)cc2C)c1. The topological polar surface area (TPSA) is 66.8 Å². The van der Waals surface area contributed by atoms with Crippen LogP contribution < -0.4 is 9.64 Å². The lowest BCUT2D eigenvalue weighted by molar-refractivity contribution is -0.119. The van der Waals surface area contributed by atoms with Crippen LogP contribution in [0.15, 0.2) is 53.8 Å². The first-order valence-electron chi connectivity index (χ1n) is 9.28. The smallest absolute Gasteiger partial charge is 0.294 e. The van der Waals surface area contributed by atoms with Gasteiger partial charge in [-0.1, -0.05) is 43.7 Å². The molecule has 2 aromatic rings. The van der Waals surface area contributed by atoms with E-state index in [1.807, 2.05) is 44.2 Å². The number of nitrogens with zero attached hydrogens (tertiary/aromatic N) is 1. The molecule has 0 aromatic heterocycles. The number of methoxy groups -OCH3 is 1. The van der Waals surface area contributed by atoms with Crippen LogP contribution in [-0.2, 0) is 9.59 Å². The molecule has 5 nitrogen and oxygen atoms in total. The normalized spacial score (nSPS) is 16.9. The lowest BCUT2D eigenvalue weighted by Crippen LogP contribution is -2.32. The molecule has 0 saturated carbocycles. The minimum atomic E-state index is -0.709. The van der Waals surface area contributed by atoms with Gasteiger partial charge in [-0.3, -0.25) is 14.5 Å². The zero-order chi connectivity index (χ0) is 20.6. The van der Waals surface area contributed by atoms with Crippen molar-refractivity contribution < 1.29 is 19.4 Å². The van der Waals surface area contributed by atoms with Crippen molar-refractivity contribution in [3.05, 3.63) is 70.5 Å². The van der Waals surface area contributed by atoms with E-state index in [9.17, 15) is 14.7 Å². The molecule has 1 aliphatic heterocycles. The van der Waals surface area contributed by atoms with Gasteiger partial charge >= 0.3 is 0 Å². The quantitative estimate of drug-likeness (QED) is 0.834. The number of hydrogen-bond donors (Lipinski definition) is 1. The molecule has 1 unspecified atom stereocenters. The molecule has 1 N–H and O–H groups in total. The Morgan fingerprint density at radius 3 is 2.46 bits per heavy atom. The van der Waals surface area contributed by atoms with Gasteiger partial charge in [0.05, 0.1) is 18.7 Å². The van der Waals surface area contributed by atoms with Crippen molar-refractivity contribution in [2.75, 3.05) is 12.0 Å². The Balaban J connectivity index is 2.23. The van der Waals surface area contributed by atoms with E-state index in [1.54, 1.807) is 33.1 Å². The summed E-state index contributed by atoms with van der Waals surface area (Å²) in [6, 6.07) is 12.3. The summed E-state index contributed by atoms with van der Waals surface area (Å²) in [6.07, 6.45) is 0. The van der Waals surface area contributed by atoms with Gasteiger partial charge < -0.3 is 9.84 Å². The van der Waals surface area contributed by atoms with Crippen molar-refractivity contribution in [2.24, 2.45) is 5.92 Å². The zero-order valence-corrected chi connectivity index (χ0v) is 16.8. The molecule has 5 heteroatoms. The Labute approximate surface area is 165 Å². The standard InChI is InChI=1S/C23H25NO4/c1-13(2)21(25)19-20(16-7-6-8-17(12-16)28-5)24(23(27)22(19)26)18-10-9-14(3)11-15(18)4/h6-13,20,26H,1-5H3. The Kier molecular flexibility index (Phi) is 5.27. The number of benzene rings is 2. The zero-order valence-electron chi connectivity index (χ0n) is 16.8. The Morgan fingerprint density at radius 1 is 1.14 bits per heavy atom. The van der Waals surface area contributed by atoms with Gasteiger partial charge in [0, 0.05) is 11.6 Å². The number of anilines is 1. The highest BCUT2D eigenvalue weighted by Crippen LogP contribution is 2.43. The van der Waals surface area contributed by atoms with Gasteiger partial charge in [-0.05, 0) is 43.2 Å². The number of carbonyl (C=O) groups excluding carboxylic acids is 2. The minimum absolute atomic E-state index is 0.133. The van der Waals surface area contributed by atoms with Crippen LogP contribution in [0.1, 0.15) is 36.6 Å². The fraction of sp³-hybridized carbons (Fsp3) is 0.304. The van der Waals surface area contributed by atoms with Crippen LogP contribution in [0.4, 0.5) is 5.69 Å². The first-order valence-corrected chi connectivity index (χ1v) is 9.28. The van der Waals surface area contributed by atoms with Crippen LogP contribution in [-0.4, -0.2) is 23.9 Å². The highest BCUT2D eigenvalue weighted by atomic mass is 16.5. The van der Waals surface area contributed by atoms with Crippen LogP contribution in [0.3, 0.4) is 0 Å². The number of aliphatic hydroxyl groups is 1. The summed E-state index contributed by atoms with van der Waals surface area (Å²) in [6.45, 7) is 7.41. The first kappa shape index (κ1) is 19.7. The van der Waals surface area contributed by atoms with E-state index in [1.165, 1.54) is 4.90 Å². The van der Waals surface area contributed by atoms with Gasteiger partial charge in [-0.25, -0.2) is 0 Å². The number of carbonyl (C=O) groups is 2. The molecule has 0 spiro atoms. The predicted molar refractivity (Wildman–Crippen MR) is 109 cm³/mol. The van der Waals surface area contributed by atoms with Crippen molar-refractivity contribution in [1.82, 2.24) is 0 Å². The van der Waals surface area contributed by atoms with Crippen LogP contribution in [0, 0.1) is 19.8 Å². The Hall–Kier alpha value is -3.08. The van der Waals surface area contributed by atoms with Gasteiger partial charge in [0.2, 0.25) is 0 Å². The average molecular weight is 379 g/mol. The lowest BCUT2D eigenvalue weighted by atomic mass is 9.91. The van der Waals surface area contributed by atoms with Gasteiger partial charge in [0.1, 0.15) is 5.75 Å². The second kappa shape index (κ2) is 7.50. The number of ketones is 1. The predicted octanol–water partition coefficient (Wildman–Crippen LogP) is 4.44. The van der Waals surface area contributed by atoms with Gasteiger partial charge in [-0.15, -0.1) is 0 Å². The molecule has 0 aliphatic carbocycles. The molecule has 0 fully saturated rings. The van der Waals surface area contributed by atoms with Crippen LogP contribution in [0.25, 0.3) is 0 Å². The molecular weight excluding hydrogens is 354 g/mol. The maximum Gasteiger partial charge on any atom is 0.294 e. The third kappa shape index (κ3) is 3.28. The van der Waals surface area contributed by atoms with Crippen molar-refractivity contribution in [3.8, 4) is 5.75 Å². The van der Waals surface area contributed by atoms with Crippen molar-refractivity contribution in [2.45, 2.75) is 33.7 Å². The molecule has 0 saturated heterocycles. The number of hydrogen-bond acceptors (Lipinski definition) is 4. The van der Waals surface area contributed by atoms with Gasteiger partial charge in [0.25, 0.3) is 5.91 Å². The first-order chi connectivity index (χ1) is 13.3. The van der Waals surface area contributed by atoms with Crippen LogP contribution in [0.5, 0.6) is 5.75 Å². The summed E-state index contributed by atoms with van der Waals surface area (Å²) in [5.41, 5.74) is 3.48. The molecule has 3 rings (SSSR count). The van der Waals surface area contributed by atoms with E-state index in [0.29, 0.717) is 17.0 Å². The van der Waals surface area contributed by atoms with Gasteiger partial charge in [0.15, 0.2) is 11.5 Å². The summed E-state index contributed by atoms with van der Waals surface area (Å²) in [7, 11) is 1.56. The van der Waals surface area contributed by atoms with Crippen LogP contribution in [0.2, 0.25) is 0 Å². The summed E-state index contributed by atoms with van der Waals surface area (Å²) in [5.74, 6) is -1.02. The second-order valence-corrected chi connectivity index (χ2v) is 7.43. The number of rotatable bonds is 5. The number of amides is 1.